The van der Waals surface area contributed by atoms with Crippen LogP contribution in [0.25, 0.3) is 0 Å². The molecule has 1 fully saturated rings. The highest BCUT2D eigenvalue weighted by Crippen LogP contribution is 2.39. The largest absolute Gasteiger partial charge is 0.357 e. The van der Waals surface area contributed by atoms with Crippen molar-refractivity contribution < 1.29 is 4.39 Å². The van der Waals surface area contributed by atoms with Gasteiger partial charge in [0.2, 0.25) is 0 Å². The molecule has 0 saturated heterocycles. The second kappa shape index (κ2) is 5.71. The lowest BCUT2D eigenvalue weighted by Gasteiger charge is -2.31. The summed E-state index contributed by atoms with van der Waals surface area (Å²) in [7, 11) is 0. The first-order valence-corrected chi connectivity index (χ1v) is 7.14. The third kappa shape index (κ3) is 2.88. The number of nitrogens with zero attached hydrogens (tertiary/aromatic N) is 1. The Balaban J connectivity index is 1.44. The van der Waals surface area contributed by atoms with Crippen molar-refractivity contribution in [2.75, 3.05) is 0 Å². The van der Waals surface area contributed by atoms with Gasteiger partial charge in [0.1, 0.15) is 5.82 Å². The number of halogens is 1. The molecule has 1 aromatic carbocycles. The molecule has 104 valence electrons. The highest BCUT2D eigenvalue weighted by atomic mass is 32.1. The van der Waals surface area contributed by atoms with Crippen molar-refractivity contribution in [2.45, 2.75) is 19.4 Å². The van der Waals surface area contributed by atoms with E-state index in [0.717, 1.165) is 18.4 Å². The predicted octanol–water partition coefficient (Wildman–Crippen LogP) is 2.74. The van der Waals surface area contributed by atoms with Crippen molar-refractivity contribution in [1.29, 1.82) is 0 Å². The second-order valence-electron chi connectivity index (χ2n) is 5.16. The van der Waals surface area contributed by atoms with Gasteiger partial charge in [-0.25, -0.2) is 4.39 Å². The molecule has 3 nitrogen and oxygen atoms in total. The molecular formula is C15H16FN3S. The maximum absolute atomic E-state index is 12.8. The molecule has 0 amide bonds. The van der Waals surface area contributed by atoms with Crippen LogP contribution in [0.2, 0.25) is 0 Å². The number of hydrogen-bond donors (Lipinski definition) is 2. The summed E-state index contributed by atoms with van der Waals surface area (Å²) in [6, 6.07) is 6.35. The molecule has 20 heavy (non-hydrogen) atoms. The first-order chi connectivity index (χ1) is 9.72. The highest BCUT2D eigenvalue weighted by molar-refractivity contribution is 7.80. The van der Waals surface area contributed by atoms with E-state index in [-0.39, 0.29) is 5.82 Å². The number of nitrogens with one attached hydrogen (secondary N) is 2. The summed E-state index contributed by atoms with van der Waals surface area (Å²) >= 11 is 5.17. The normalized spacial score (nSPS) is 25.1. The zero-order valence-electron chi connectivity index (χ0n) is 11.0. The maximum atomic E-state index is 12.8. The SMILES string of the molecule is Fc1ccc(CNC(=S)N/N=C2/C[C@H]3C=CC[C@@H]23)cc1. The van der Waals surface area contributed by atoms with E-state index in [1.54, 1.807) is 12.1 Å². The Morgan fingerprint density at radius 1 is 1.35 bits per heavy atom. The molecule has 0 bridgehead atoms. The van der Waals surface area contributed by atoms with Crippen LogP contribution in [-0.2, 0) is 6.54 Å². The molecule has 2 aliphatic carbocycles. The van der Waals surface area contributed by atoms with Gasteiger partial charge in [0, 0.05) is 18.2 Å². The molecular weight excluding hydrogens is 273 g/mol. The van der Waals surface area contributed by atoms with Crippen molar-refractivity contribution >= 4 is 23.0 Å². The van der Waals surface area contributed by atoms with E-state index in [2.05, 4.69) is 28.0 Å². The van der Waals surface area contributed by atoms with Crippen molar-refractivity contribution in [1.82, 2.24) is 10.7 Å². The molecule has 0 heterocycles. The molecule has 2 N–H and O–H groups in total. The third-order valence-electron chi connectivity index (χ3n) is 3.83. The van der Waals surface area contributed by atoms with Crippen LogP contribution in [0.5, 0.6) is 0 Å². The van der Waals surface area contributed by atoms with Gasteiger partial charge >= 0.3 is 0 Å². The maximum Gasteiger partial charge on any atom is 0.187 e. The topological polar surface area (TPSA) is 36.4 Å². The Hall–Kier alpha value is -1.75. The molecule has 0 aliphatic heterocycles. The Bertz CT molecular complexity index is 565. The van der Waals surface area contributed by atoms with E-state index in [1.807, 2.05) is 0 Å². The van der Waals surface area contributed by atoms with Crippen LogP contribution < -0.4 is 10.7 Å². The Labute approximate surface area is 123 Å². The molecule has 2 atom stereocenters. The Morgan fingerprint density at radius 2 is 2.15 bits per heavy atom. The zero-order chi connectivity index (χ0) is 13.9. The van der Waals surface area contributed by atoms with E-state index >= 15 is 0 Å². The van der Waals surface area contributed by atoms with Gasteiger partial charge in [-0.3, -0.25) is 5.43 Å². The van der Waals surface area contributed by atoms with Crippen LogP contribution in [0, 0.1) is 17.7 Å². The fraction of sp³-hybridized carbons (Fsp3) is 0.333. The number of thiocarbonyl (C=S) groups is 1. The Morgan fingerprint density at radius 3 is 2.90 bits per heavy atom. The van der Waals surface area contributed by atoms with Crippen LogP contribution in [0.15, 0.2) is 41.5 Å². The first-order valence-electron chi connectivity index (χ1n) is 6.74. The molecule has 3 rings (SSSR count). The summed E-state index contributed by atoms with van der Waals surface area (Å²) < 4.78 is 12.8. The lowest BCUT2D eigenvalue weighted by atomic mass is 9.74. The summed E-state index contributed by atoms with van der Waals surface area (Å²) in [5, 5.41) is 7.91. The predicted molar refractivity (Wildman–Crippen MR) is 81.8 cm³/mol. The van der Waals surface area contributed by atoms with Gasteiger partial charge in [0.25, 0.3) is 0 Å². The smallest absolute Gasteiger partial charge is 0.187 e. The van der Waals surface area contributed by atoms with E-state index < -0.39 is 0 Å². The van der Waals surface area contributed by atoms with Crippen molar-refractivity contribution in [2.24, 2.45) is 16.9 Å². The summed E-state index contributed by atoms with van der Waals surface area (Å²) in [4.78, 5) is 0. The van der Waals surface area contributed by atoms with Gasteiger partial charge in [-0.1, -0.05) is 24.3 Å². The Kier molecular flexibility index (Phi) is 3.78. The van der Waals surface area contributed by atoms with Crippen LogP contribution in [0.4, 0.5) is 4.39 Å². The molecule has 2 aliphatic rings. The van der Waals surface area contributed by atoms with Crippen molar-refractivity contribution in [3.63, 3.8) is 0 Å². The second-order valence-corrected chi connectivity index (χ2v) is 5.57. The lowest BCUT2D eigenvalue weighted by Crippen LogP contribution is -2.38. The first kappa shape index (κ1) is 13.2. The molecule has 0 spiro atoms. The highest BCUT2D eigenvalue weighted by Gasteiger charge is 2.37. The fourth-order valence-corrected chi connectivity index (χ4v) is 2.73. The average Bonchev–Trinajstić information content (AvgIpc) is 2.80. The molecule has 1 aromatic rings. The number of rotatable bonds is 3. The quantitative estimate of drug-likeness (QED) is 0.510. The number of fused-ring (bicyclic) bond motifs is 1. The van der Waals surface area contributed by atoms with Gasteiger partial charge in [0.15, 0.2) is 5.11 Å². The van der Waals surface area contributed by atoms with Crippen LogP contribution in [-0.4, -0.2) is 10.8 Å². The van der Waals surface area contributed by atoms with Crippen LogP contribution >= 0.6 is 12.2 Å². The minimum Gasteiger partial charge on any atom is -0.357 e. The van der Waals surface area contributed by atoms with Gasteiger partial charge in [-0.05, 0) is 48.7 Å². The summed E-state index contributed by atoms with van der Waals surface area (Å²) in [5.74, 6) is 1.05. The minimum atomic E-state index is -0.231. The van der Waals surface area contributed by atoms with Gasteiger partial charge < -0.3 is 5.32 Å². The minimum absolute atomic E-state index is 0.231. The lowest BCUT2D eigenvalue weighted by molar-refractivity contribution is 0.463. The van der Waals surface area contributed by atoms with E-state index in [1.165, 1.54) is 17.8 Å². The monoisotopic (exact) mass is 289 g/mol. The molecule has 0 radical (unpaired) electrons. The van der Waals surface area contributed by atoms with Gasteiger partial charge in [-0.15, -0.1) is 0 Å². The van der Waals surface area contributed by atoms with Crippen molar-refractivity contribution in [3.8, 4) is 0 Å². The third-order valence-corrected chi connectivity index (χ3v) is 4.07. The summed E-state index contributed by atoms with van der Waals surface area (Å²) in [5.41, 5.74) is 5.06. The zero-order valence-corrected chi connectivity index (χ0v) is 11.8. The van der Waals surface area contributed by atoms with E-state index in [0.29, 0.717) is 23.5 Å². The molecule has 0 aromatic heterocycles. The number of hydrazone groups is 1. The molecule has 1 saturated carbocycles. The summed E-state index contributed by atoms with van der Waals surface area (Å²) in [6.07, 6.45) is 6.63. The van der Waals surface area contributed by atoms with Crippen LogP contribution in [0.1, 0.15) is 18.4 Å². The molecule has 0 unspecified atom stereocenters. The fourth-order valence-electron chi connectivity index (χ4n) is 2.61. The molecule has 5 heteroatoms. The number of hydrogen-bond acceptors (Lipinski definition) is 2. The standard InChI is InChI=1S/C15H16FN3S/c16-12-6-4-10(5-7-12)9-17-15(20)19-18-14-8-11-2-1-3-13(11)14/h1-2,4-7,11,13H,3,8-9H2,(H2,17,19,20)/b18-14-/t11-,13-/m1/s1. The average molecular weight is 289 g/mol. The van der Waals surface area contributed by atoms with Gasteiger partial charge in [-0.2, -0.15) is 5.10 Å². The van der Waals surface area contributed by atoms with Gasteiger partial charge in [0.05, 0.1) is 0 Å². The van der Waals surface area contributed by atoms with E-state index in [4.69, 9.17) is 12.2 Å². The van der Waals surface area contributed by atoms with Crippen molar-refractivity contribution in [3.05, 3.63) is 47.8 Å². The number of allylic oxidation sites excluding steroid dienone is 2. The summed E-state index contributed by atoms with van der Waals surface area (Å²) in [6.45, 7) is 0.560. The van der Waals surface area contributed by atoms with E-state index in [9.17, 15) is 4.39 Å². The number of benzene rings is 1. The van der Waals surface area contributed by atoms with Crippen LogP contribution in [0.3, 0.4) is 0 Å².